The van der Waals surface area contributed by atoms with Gasteiger partial charge in [-0.2, -0.15) is 5.10 Å². The lowest BCUT2D eigenvalue weighted by atomic mass is 10.2. The van der Waals surface area contributed by atoms with Crippen LogP contribution in [-0.2, 0) is 6.61 Å². The van der Waals surface area contributed by atoms with Gasteiger partial charge in [0.15, 0.2) is 11.5 Å². The van der Waals surface area contributed by atoms with E-state index in [0.717, 1.165) is 13.8 Å². The topological polar surface area (TPSA) is 103 Å². The quantitative estimate of drug-likeness (QED) is 0.106. The van der Waals surface area contributed by atoms with Gasteiger partial charge in [0, 0.05) is 25.8 Å². The van der Waals surface area contributed by atoms with E-state index in [2.05, 4.69) is 33.1 Å². The zero-order valence-electron chi connectivity index (χ0n) is 18.2. The molecule has 0 saturated heterocycles. The molecule has 0 fully saturated rings. The molecule has 0 radical (unpaired) electrons. The molecule has 35 heavy (non-hydrogen) atoms. The van der Waals surface area contributed by atoms with E-state index in [1.54, 1.807) is 24.3 Å². The molecule has 0 unspecified atom stereocenters. The number of amides is 1. The second-order valence-electron chi connectivity index (χ2n) is 7.24. The fourth-order valence-corrected chi connectivity index (χ4v) is 4.73. The number of methoxy groups -OCH3 is 1. The highest BCUT2D eigenvalue weighted by Gasteiger charge is 2.14. The van der Waals surface area contributed by atoms with Crippen molar-refractivity contribution in [2.24, 2.45) is 5.10 Å². The summed E-state index contributed by atoms with van der Waals surface area (Å²) >= 11 is 9.88. The SMILES string of the molecule is COc1cc(/C=N\NC(=O)c2cc3cc([N+](=O)[O-])ccc3s2)cc(Cl)c1OCc1ccc(I)cc1. The first kappa shape index (κ1) is 24.9. The Balaban J connectivity index is 1.44. The van der Waals surface area contributed by atoms with Crippen LogP contribution >= 0.6 is 45.5 Å². The van der Waals surface area contributed by atoms with Crippen LogP contribution in [0.25, 0.3) is 10.1 Å². The Kier molecular flexibility index (Phi) is 7.83. The van der Waals surface area contributed by atoms with E-state index >= 15 is 0 Å². The molecule has 1 heterocycles. The van der Waals surface area contributed by atoms with Gasteiger partial charge >= 0.3 is 0 Å². The van der Waals surface area contributed by atoms with Crippen molar-refractivity contribution in [2.75, 3.05) is 7.11 Å². The number of nitro groups is 1. The molecule has 0 aliphatic rings. The number of hydrogen-bond acceptors (Lipinski definition) is 7. The third-order valence-corrected chi connectivity index (χ3v) is 6.98. The molecule has 0 bridgehead atoms. The Morgan fingerprint density at radius 2 is 1.97 bits per heavy atom. The van der Waals surface area contributed by atoms with Crippen molar-refractivity contribution >= 4 is 73.4 Å². The number of carbonyl (C=O) groups is 1. The minimum atomic E-state index is -0.473. The van der Waals surface area contributed by atoms with Gasteiger partial charge < -0.3 is 9.47 Å². The second kappa shape index (κ2) is 11.0. The van der Waals surface area contributed by atoms with Crippen LogP contribution in [0.15, 0.2) is 65.8 Å². The number of nitrogens with one attached hydrogen (secondary N) is 1. The molecular formula is C24H17ClIN3O5S. The molecule has 1 amide bonds. The summed E-state index contributed by atoms with van der Waals surface area (Å²) in [5.41, 5.74) is 4.02. The number of thiophene rings is 1. The molecule has 11 heteroatoms. The Morgan fingerprint density at radius 1 is 1.20 bits per heavy atom. The van der Waals surface area contributed by atoms with Crippen molar-refractivity contribution in [3.8, 4) is 11.5 Å². The van der Waals surface area contributed by atoms with E-state index < -0.39 is 10.8 Å². The molecule has 0 aliphatic heterocycles. The summed E-state index contributed by atoms with van der Waals surface area (Å²) in [6.45, 7) is 0.328. The number of ether oxygens (including phenoxy) is 2. The minimum Gasteiger partial charge on any atom is -0.493 e. The summed E-state index contributed by atoms with van der Waals surface area (Å²) in [6, 6.07) is 17.3. The second-order valence-corrected chi connectivity index (χ2v) is 9.97. The number of carbonyl (C=O) groups excluding carboxylic acids is 1. The van der Waals surface area contributed by atoms with E-state index in [1.165, 1.54) is 36.8 Å². The van der Waals surface area contributed by atoms with Gasteiger partial charge in [-0.25, -0.2) is 5.43 Å². The number of hydrogen-bond donors (Lipinski definition) is 1. The summed E-state index contributed by atoms with van der Waals surface area (Å²) in [6.07, 6.45) is 1.44. The van der Waals surface area contributed by atoms with Crippen LogP contribution < -0.4 is 14.9 Å². The fourth-order valence-electron chi connectivity index (χ4n) is 3.17. The maximum atomic E-state index is 12.5. The van der Waals surface area contributed by atoms with Gasteiger partial charge in [0.05, 0.1) is 28.1 Å². The molecule has 0 aliphatic carbocycles. The predicted octanol–water partition coefficient (Wildman–Crippen LogP) is 6.42. The van der Waals surface area contributed by atoms with E-state index in [9.17, 15) is 14.9 Å². The van der Waals surface area contributed by atoms with Crippen LogP contribution in [0.4, 0.5) is 5.69 Å². The molecule has 0 atom stereocenters. The number of nitro benzene ring substituents is 1. The number of halogens is 2. The van der Waals surface area contributed by atoms with Gasteiger partial charge in [-0.1, -0.05) is 23.7 Å². The largest absolute Gasteiger partial charge is 0.493 e. The zero-order valence-corrected chi connectivity index (χ0v) is 21.9. The van der Waals surface area contributed by atoms with E-state index in [4.69, 9.17) is 21.1 Å². The summed E-state index contributed by atoms with van der Waals surface area (Å²) in [5, 5.41) is 15.9. The molecule has 3 aromatic carbocycles. The molecule has 178 valence electrons. The molecule has 4 aromatic rings. The van der Waals surface area contributed by atoms with Gasteiger partial charge in [0.25, 0.3) is 11.6 Å². The van der Waals surface area contributed by atoms with Crippen LogP contribution in [0.3, 0.4) is 0 Å². The van der Waals surface area contributed by atoms with Crippen molar-refractivity contribution in [3.63, 3.8) is 0 Å². The number of hydrazone groups is 1. The molecular weight excluding hydrogens is 605 g/mol. The van der Waals surface area contributed by atoms with Crippen LogP contribution in [0.5, 0.6) is 11.5 Å². The van der Waals surface area contributed by atoms with Crippen molar-refractivity contribution in [3.05, 3.63) is 95.4 Å². The Bertz CT molecular complexity index is 1440. The summed E-state index contributed by atoms with van der Waals surface area (Å²) in [4.78, 5) is 23.3. The summed E-state index contributed by atoms with van der Waals surface area (Å²) < 4.78 is 13.2. The summed E-state index contributed by atoms with van der Waals surface area (Å²) in [5.74, 6) is 0.413. The highest BCUT2D eigenvalue weighted by Crippen LogP contribution is 2.36. The standard InChI is InChI=1S/C24H17ClIN3O5S/c1-33-20-9-15(8-19(25)23(20)34-13-14-2-4-17(26)5-3-14)12-27-28-24(30)22-11-16-10-18(29(31)32)6-7-21(16)35-22/h2-12H,13H2,1H3,(H,28,30)/b27-12-. The highest BCUT2D eigenvalue weighted by atomic mass is 127. The molecule has 1 N–H and O–H groups in total. The van der Waals surface area contributed by atoms with Crippen molar-refractivity contribution < 1.29 is 19.2 Å². The molecule has 0 spiro atoms. The maximum absolute atomic E-state index is 12.5. The Hall–Kier alpha value is -3.22. The average molecular weight is 622 g/mol. The Morgan fingerprint density at radius 3 is 2.69 bits per heavy atom. The number of fused-ring (bicyclic) bond motifs is 1. The predicted molar refractivity (Wildman–Crippen MR) is 145 cm³/mol. The molecule has 0 saturated carbocycles. The van der Waals surface area contributed by atoms with Crippen molar-refractivity contribution in [2.45, 2.75) is 6.61 Å². The van der Waals surface area contributed by atoms with E-state index in [1.807, 2.05) is 24.3 Å². The van der Waals surface area contributed by atoms with Gasteiger partial charge in [-0.05, 0) is 70.1 Å². The monoisotopic (exact) mass is 621 g/mol. The van der Waals surface area contributed by atoms with Crippen molar-refractivity contribution in [1.29, 1.82) is 0 Å². The van der Waals surface area contributed by atoms with Crippen LogP contribution in [0.2, 0.25) is 5.02 Å². The number of non-ortho nitro benzene ring substituents is 1. The lowest BCUT2D eigenvalue weighted by Crippen LogP contribution is -2.16. The highest BCUT2D eigenvalue weighted by molar-refractivity contribution is 14.1. The van der Waals surface area contributed by atoms with E-state index in [-0.39, 0.29) is 5.69 Å². The lowest BCUT2D eigenvalue weighted by Gasteiger charge is -2.13. The fraction of sp³-hybridized carbons (Fsp3) is 0.0833. The van der Waals surface area contributed by atoms with Gasteiger partial charge in [0.1, 0.15) is 6.61 Å². The number of rotatable bonds is 8. The van der Waals surface area contributed by atoms with Crippen LogP contribution in [0.1, 0.15) is 20.8 Å². The molecule has 8 nitrogen and oxygen atoms in total. The molecule has 4 rings (SSSR count). The van der Waals surface area contributed by atoms with E-state index in [0.29, 0.717) is 39.0 Å². The van der Waals surface area contributed by atoms with Crippen molar-refractivity contribution in [1.82, 2.24) is 5.43 Å². The number of nitrogens with zero attached hydrogens (tertiary/aromatic N) is 2. The Labute approximate surface area is 222 Å². The van der Waals surface area contributed by atoms with Crippen LogP contribution in [-0.4, -0.2) is 24.2 Å². The first-order chi connectivity index (χ1) is 16.8. The van der Waals surface area contributed by atoms with Gasteiger partial charge in [-0.15, -0.1) is 11.3 Å². The van der Waals surface area contributed by atoms with Gasteiger partial charge in [0.2, 0.25) is 0 Å². The smallest absolute Gasteiger partial charge is 0.281 e. The lowest BCUT2D eigenvalue weighted by molar-refractivity contribution is -0.384. The first-order valence-electron chi connectivity index (χ1n) is 10.1. The average Bonchev–Trinajstić information content (AvgIpc) is 3.27. The maximum Gasteiger partial charge on any atom is 0.281 e. The zero-order chi connectivity index (χ0) is 24.9. The molecule has 1 aromatic heterocycles. The summed E-state index contributed by atoms with van der Waals surface area (Å²) in [7, 11) is 1.51. The normalized spacial score (nSPS) is 11.1. The van der Waals surface area contributed by atoms with Crippen LogP contribution in [0, 0.1) is 13.7 Å². The first-order valence-corrected chi connectivity index (χ1v) is 12.4. The third-order valence-electron chi connectivity index (χ3n) is 4.86. The number of benzene rings is 3. The minimum absolute atomic E-state index is 0.0305. The van der Waals surface area contributed by atoms with Gasteiger partial charge in [-0.3, -0.25) is 14.9 Å². The third kappa shape index (κ3) is 6.08.